The standard InChI is InChI=1S/C21H26F3N3O3S/c22-21(23,24)15-6-8-18(9-7-15)31(29,30)26-16-10-12-20(13-11-16)14-25-27(19(20)28)17-4-2-1-3-5-17/h6-9,14,16-17,26H,1-5,10-13H2/t16-,20+. The molecule has 4 rings (SSSR count). The number of hydrogen-bond donors (Lipinski definition) is 1. The molecule has 1 aliphatic heterocycles. The van der Waals surface area contributed by atoms with E-state index in [0.717, 1.165) is 49.9 Å². The van der Waals surface area contributed by atoms with Crippen molar-refractivity contribution < 1.29 is 26.4 Å². The molecular weight excluding hydrogens is 431 g/mol. The Kier molecular flexibility index (Phi) is 5.89. The summed E-state index contributed by atoms with van der Waals surface area (Å²) in [6.07, 6.45) is 4.48. The van der Waals surface area contributed by atoms with Crippen LogP contribution < -0.4 is 4.72 Å². The van der Waals surface area contributed by atoms with Crippen LogP contribution in [0.4, 0.5) is 13.2 Å². The molecule has 0 saturated heterocycles. The summed E-state index contributed by atoms with van der Waals surface area (Å²) in [6.45, 7) is 0. The van der Waals surface area contributed by atoms with Crippen LogP contribution in [0.5, 0.6) is 0 Å². The van der Waals surface area contributed by atoms with Gasteiger partial charge in [-0.05, 0) is 62.8 Å². The highest BCUT2D eigenvalue weighted by atomic mass is 32.2. The number of nitrogens with zero attached hydrogens (tertiary/aromatic N) is 2. The third kappa shape index (κ3) is 4.50. The topological polar surface area (TPSA) is 78.8 Å². The first-order valence-electron chi connectivity index (χ1n) is 10.7. The summed E-state index contributed by atoms with van der Waals surface area (Å²) in [5.74, 6) is 0.0171. The van der Waals surface area contributed by atoms with Gasteiger partial charge >= 0.3 is 6.18 Å². The van der Waals surface area contributed by atoms with Crippen LogP contribution >= 0.6 is 0 Å². The zero-order valence-corrected chi connectivity index (χ0v) is 17.9. The Labute approximate surface area is 179 Å². The maximum absolute atomic E-state index is 13.1. The number of nitrogens with one attached hydrogen (secondary N) is 1. The van der Waals surface area contributed by atoms with Crippen molar-refractivity contribution in [1.82, 2.24) is 9.73 Å². The lowest BCUT2D eigenvalue weighted by atomic mass is 9.73. The van der Waals surface area contributed by atoms with E-state index in [4.69, 9.17) is 0 Å². The van der Waals surface area contributed by atoms with Crippen LogP contribution in [0.1, 0.15) is 63.4 Å². The predicted octanol–water partition coefficient (Wildman–Crippen LogP) is 4.07. The number of rotatable bonds is 4. The van der Waals surface area contributed by atoms with Crippen molar-refractivity contribution in [2.45, 2.75) is 80.9 Å². The average Bonchev–Trinajstić information content (AvgIpc) is 3.06. The van der Waals surface area contributed by atoms with Gasteiger partial charge in [-0.3, -0.25) is 4.79 Å². The summed E-state index contributed by atoms with van der Waals surface area (Å²) in [5, 5.41) is 6.07. The maximum atomic E-state index is 13.1. The minimum absolute atomic E-state index is 0.0171. The molecular formula is C21H26F3N3O3S. The number of alkyl halides is 3. The molecule has 1 spiro atoms. The molecule has 6 nitrogen and oxygen atoms in total. The lowest BCUT2D eigenvalue weighted by molar-refractivity contribution is -0.140. The average molecular weight is 458 g/mol. The molecule has 0 aromatic heterocycles. The van der Waals surface area contributed by atoms with E-state index in [9.17, 15) is 26.4 Å². The molecule has 2 saturated carbocycles. The molecule has 31 heavy (non-hydrogen) atoms. The van der Waals surface area contributed by atoms with Gasteiger partial charge in [-0.1, -0.05) is 19.3 Å². The number of halogens is 3. The van der Waals surface area contributed by atoms with Crippen LogP contribution in [-0.2, 0) is 21.0 Å². The fourth-order valence-electron chi connectivity index (χ4n) is 4.80. The normalized spacial score (nSPS) is 27.9. The molecule has 10 heteroatoms. The van der Waals surface area contributed by atoms with Crippen LogP contribution in [0.25, 0.3) is 0 Å². The Balaban J connectivity index is 1.37. The van der Waals surface area contributed by atoms with Crippen molar-refractivity contribution in [3.63, 3.8) is 0 Å². The second kappa shape index (κ2) is 8.20. The molecule has 1 aromatic rings. The molecule has 1 N–H and O–H groups in total. The Hall–Kier alpha value is -1.94. The van der Waals surface area contributed by atoms with Crippen molar-refractivity contribution in [2.24, 2.45) is 10.5 Å². The number of benzene rings is 1. The first-order valence-corrected chi connectivity index (χ1v) is 12.2. The van der Waals surface area contributed by atoms with E-state index in [2.05, 4.69) is 9.82 Å². The molecule has 0 unspecified atom stereocenters. The fraction of sp³-hybridized carbons (Fsp3) is 0.619. The van der Waals surface area contributed by atoms with Crippen LogP contribution in [0.15, 0.2) is 34.3 Å². The monoisotopic (exact) mass is 457 g/mol. The Morgan fingerprint density at radius 1 is 1.00 bits per heavy atom. The van der Waals surface area contributed by atoms with Crippen molar-refractivity contribution in [1.29, 1.82) is 0 Å². The largest absolute Gasteiger partial charge is 0.416 e. The summed E-state index contributed by atoms with van der Waals surface area (Å²) >= 11 is 0. The molecule has 2 fully saturated rings. The van der Waals surface area contributed by atoms with E-state index in [1.807, 2.05) is 0 Å². The molecule has 2 aliphatic carbocycles. The SMILES string of the molecule is O=C1N(C2CCCCC2)N=C[C@]12CC[C@H](NS(=O)(=O)c1ccc(C(F)(F)F)cc1)CC2. The summed E-state index contributed by atoms with van der Waals surface area (Å²) < 4.78 is 65.9. The van der Waals surface area contributed by atoms with E-state index in [1.165, 1.54) is 6.42 Å². The van der Waals surface area contributed by atoms with Crippen molar-refractivity contribution in [3.05, 3.63) is 29.8 Å². The number of amides is 1. The van der Waals surface area contributed by atoms with Gasteiger partial charge < -0.3 is 0 Å². The van der Waals surface area contributed by atoms with Gasteiger partial charge in [-0.2, -0.15) is 18.3 Å². The molecule has 1 aromatic carbocycles. The molecule has 3 aliphatic rings. The first kappa shape index (κ1) is 22.3. The molecule has 1 heterocycles. The van der Waals surface area contributed by atoms with Gasteiger partial charge in [0, 0.05) is 12.3 Å². The van der Waals surface area contributed by atoms with Crippen molar-refractivity contribution >= 4 is 22.1 Å². The summed E-state index contributed by atoms with van der Waals surface area (Å²) in [7, 11) is -3.95. The lowest BCUT2D eigenvalue weighted by Gasteiger charge is -2.36. The highest BCUT2D eigenvalue weighted by molar-refractivity contribution is 7.89. The Bertz CT molecular complexity index is 946. The molecule has 170 valence electrons. The smallest absolute Gasteiger partial charge is 0.272 e. The highest BCUT2D eigenvalue weighted by Crippen LogP contribution is 2.42. The molecule has 0 radical (unpaired) electrons. The van der Waals surface area contributed by atoms with E-state index < -0.39 is 27.2 Å². The first-order chi connectivity index (χ1) is 14.6. The second-order valence-corrected chi connectivity index (χ2v) is 10.5. The molecule has 0 atom stereocenters. The van der Waals surface area contributed by atoms with Crippen molar-refractivity contribution in [3.8, 4) is 0 Å². The third-order valence-electron chi connectivity index (χ3n) is 6.68. The number of sulfonamides is 1. The van der Waals surface area contributed by atoms with Gasteiger partial charge in [0.25, 0.3) is 5.91 Å². The van der Waals surface area contributed by atoms with Gasteiger partial charge in [0.1, 0.15) is 0 Å². The summed E-state index contributed by atoms with van der Waals surface area (Å²) in [5.41, 5.74) is -1.55. The van der Waals surface area contributed by atoms with Crippen LogP contribution in [0.2, 0.25) is 0 Å². The van der Waals surface area contributed by atoms with E-state index in [0.29, 0.717) is 25.7 Å². The van der Waals surface area contributed by atoms with Gasteiger partial charge in [-0.15, -0.1) is 0 Å². The Morgan fingerprint density at radius 2 is 1.61 bits per heavy atom. The van der Waals surface area contributed by atoms with E-state index in [1.54, 1.807) is 11.2 Å². The Morgan fingerprint density at radius 3 is 2.19 bits per heavy atom. The fourth-order valence-corrected chi connectivity index (χ4v) is 6.10. The molecule has 1 amide bonds. The highest BCUT2D eigenvalue weighted by Gasteiger charge is 2.48. The number of hydrazone groups is 1. The van der Waals surface area contributed by atoms with Gasteiger partial charge in [0.05, 0.1) is 21.9 Å². The van der Waals surface area contributed by atoms with Crippen LogP contribution in [0, 0.1) is 5.41 Å². The summed E-state index contributed by atoms with van der Waals surface area (Å²) in [6, 6.07) is 3.24. The third-order valence-corrected chi connectivity index (χ3v) is 8.21. The predicted molar refractivity (Wildman–Crippen MR) is 109 cm³/mol. The van der Waals surface area contributed by atoms with Crippen LogP contribution in [0.3, 0.4) is 0 Å². The number of carbonyl (C=O) groups is 1. The van der Waals surface area contributed by atoms with Crippen LogP contribution in [-0.4, -0.2) is 37.6 Å². The van der Waals surface area contributed by atoms with Gasteiger partial charge in [-0.25, -0.2) is 18.1 Å². The summed E-state index contributed by atoms with van der Waals surface area (Å²) in [4.78, 5) is 12.9. The maximum Gasteiger partial charge on any atom is 0.416 e. The van der Waals surface area contributed by atoms with Gasteiger partial charge in [0.2, 0.25) is 10.0 Å². The zero-order chi connectivity index (χ0) is 22.3. The second-order valence-electron chi connectivity index (χ2n) is 8.76. The van der Waals surface area contributed by atoms with Gasteiger partial charge in [0.15, 0.2) is 0 Å². The molecule has 0 bridgehead atoms. The minimum atomic E-state index is -4.52. The van der Waals surface area contributed by atoms with Crippen molar-refractivity contribution in [2.75, 3.05) is 0 Å². The quantitative estimate of drug-likeness (QED) is 0.740. The lowest BCUT2D eigenvalue weighted by Crippen LogP contribution is -2.47. The minimum Gasteiger partial charge on any atom is -0.272 e. The zero-order valence-electron chi connectivity index (χ0n) is 17.1. The van der Waals surface area contributed by atoms with E-state index >= 15 is 0 Å². The number of carbonyl (C=O) groups excluding carboxylic acids is 1. The van der Waals surface area contributed by atoms with E-state index in [-0.39, 0.29) is 22.9 Å². The number of hydrogen-bond acceptors (Lipinski definition) is 4.